The number of alkyl halides is 2. The number of nitrogens with two attached hydrogens (primary N) is 1. The number of hydrogen-bond donors (Lipinski definition) is 1. The lowest BCUT2D eigenvalue weighted by Crippen LogP contribution is -2.56. The van der Waals surface area contributed by atoms with E-state index in [0.29, 0.717) is 12.0 Å². The van der Waals surface area contributed by atoms with Crippen LogP contribution in [0.4, 0.5) is 8.78 Å². The Labute approximate surface area is 120 Å². The van der Waals surface area contributed by atoms with Gasteiger partial charge in [0.2, 0.25) is 0 Å². The van der Waals surface area contributed by atoms with Crippen LogP contribution in [0.25, 0.3) is 0 Å². The van der Waals surface area contributed by atoms with Crippen LogP contribution < -0.4 is 5.73 Å². The number of rotatable bonds is 4. The second-order valence-electron chi connectivity index (χ2n) is 4.97. The van der Waals surface area contributed by atoms with Gasteiger partial charge >= 0.3 is 0 Å². The standard InChI is InChI=1S/C14H18BrF2NO/c1-2-19-9-14(16,17)13(18)7-3-4-10-5-6-11(15)8-12(10)13/h5-6,8H,2-4,7,9,18H2,1H3/t13-/m1/s1. The minimum absolute atomic E-state index is 0.261. The van der Waals surface area contributed by atoms with Gasteiger partial charge in [-0.3, -0.25) is 0 Å². The van der Waals surface area contributed by atoms with E-state index in [1.54, 1.807) is 13.0 Å². The lowest BCUT2D eigenvalue weighted by molar-refractivity contribution is -0.135. The summed E-state index contributed by atoms with van der Waals surface area (Å²) in [6.07, 6.45) is 1.75. The van der Waals surface area contributed by atoms with Crippen molar-refractivity contribution in [3.05, 3.63) is 33.8 Å². The van der Waals surface area contributed by atoms with Crippen molar-refractivity contribution < 1.29 is 13.5 Å². The Balaban J connectivity index is 2.42. The summed E-state index contributed by atoms with van der Waals surface area (Å²) in [5, 5.41) is 0. The van der Waals surface area contributed by atoms with Gasteiger partial charge in [0.15, 0.2) is 0 Å². The highest BCUT2D eigenvalue weighted by atomic mass is 79.9. The Bertz CT molecular complexity index is 467. The monoisotopic (exact) mass is 333 g/mol. The number of ether oxygens (including phenoxy) is 1. The lowest BCUT2D eigenvalue weighted by Gasteiger charge is -2.41. The Morgan fingerprint density at radius 1 is 1.47 bits per heavy atom. The first-order chi connectivity index (χ1) is 8.90. The van der Waals surface area contributed by atoms with E-state index >= 15 is 0 Å². The fraction of sp³-hybridized carbons (Fsp3) is 0.571. The van der Waals surface area contributed by atoms with Crippen molar-refractivity contribution in [1.82, 2.24) is 0 Å². The van der Waals surface area contributed by atoms with Gasteiger partial charge in [0.1, 0.15) is 12.1 Å². The summed E-state index contributed by atoms with van der Waals surface area (Å²) in [7, 11) is 0. The molecule has 5 heteroatoms. The van der Waals surface area contributed by atoms with E-state index in [9.17, 15) is 8.78 Å². The van der Waals surface area contributed by atoms with Gasteiger partial charge in [0, 0.05) is 11.1 Å². The quantitative estimate of drug-likeness (QED) is 0.913. The Kier molecular flexibility index (Phi) is 4.28. The van der Waals surface area contributed by atoms with Gasteiger partial charge < -0.3 is 10.5 Å². The number of aryl methyl sites for hydroxylation is 1. The van der Waals surface area contributed by atoms with Crippen molar-refractivity contribution >= 4 is 15.9 Å². The minimum Gasteiger partial charge on any atom is -0.375 e. The van der Waals surface area contributed by atoms with Crippen LogP contribution in [0.3, 0.4) is 0 Å². The highest BCUT2D eigenvalue weighted by Gasteiger charge is 2.53. The van der Waals surface area contributed by atoms with E-state index in [2.05, 4.69) is 15.9 Å². The Hall–Kier alpha value is -0.520. The normalized spacial score (nSPS) is 23.2. The third-order valence-electron chi connectivity index (χ3n) is 3.71. The Morgan fingerprint density at radius 2 is 2.21 bits per heavy atom. The van der Waals surface area contributed by atoms with Crippen molar-refractivity contribution in [3.8, 4) is 0 Å². The van der Waals surface area contributed by atoms with E-state index < -0.39 is 18.1 Å². The summed E-state index contributed by atoms with van der Waals surface area (Å²) < 4.78 is 34.5. The summed E-state index contributed by atoms with van der Waals surface area (Å²) in [4.78, 5) is 0. The molecule has 0 heterocycles. The van der Waals surface area contributed by atoms with Crippen molar-refractivity contribution in [1.29, 1.82) is 0 Å². The van der Waals surface area contributed by atoms with Gasteiger partial charge in [-0.1, -0.05) is 22.0 Å². The van der Waals surface area contributed by atoms with Gasteiger partial charge in [0.25, 0.3) is 5.92 Å². The van der Waals surface area contributed by atoms with Gasteiger partial charge in [-0.25, -0.2) is 8.78 Å². The molecule has 106 valence electrons. The molecule has 1 aromatic carbocycles. The predicted octanol–water partition coefficient (Wildman–Crippen LogP) is 3.61. The number of halogens is 3. The molecular formula is C14H18BrF2NO. The maximum atomic E-state index is 14.4. The van der Waals surface area contributed by atoms with Crippen LogP contribution in [0, 0.1) is 0 Å². The average Bonchev–Trinajstić information content (AvgIpc) is 2.37. The molecule has 1 aromatic rings. The van der Waals surface area contributed by atoms with Gasteiger partial charge in [0.05, 0.1) is 0 Å². The summed E-state index contributed by atoms with van der Waals surface area (Å²) in [5.74, 6) is -3.07. The molecule has 0 unspecified atom stereocenters. The molecule has 1 aliphatic carbocycles. The van der Waals surface area contributed by atoms with Gasteiger partial charge in [-0.2, -0.15) is 0 Å². The summed E-state index contributed by atoms with van der Waals surface area (Å²) >= 11 is 3.33. The largest absolute Gasteiger partial charge is 0.375 e. The fourth-order valence-electron chi connectivity index (χ4n) is 2.61. The summed E-state index contributed by atoms with van der Waals surface area (Å²) in [5.41, 5.74) is 5.92. The first-order valence-corrected chi connectivity index (χ1v) is 7.23. The first-order valence-electron chi connectivity index (χ1n) is 6.44. The van der Waals surface area contributed by atoms with Crippen LogP contribution in [-0.4, -0.2) is 19.1 Å². The van der Waals surface area contributed by atoms with E-state index in [0.717, 1.165) is 16.5 Å². The molecule has 0 radical (unpaired) electrons. The molecule has 2 N–H and O–H groups in total. The molecule has 0 saturated carbocycles. The van der Waals surface area contributed by atoms with Gasteiger partial charge in [-0.05, 0) is 49.4 Å². The van der Waals surface area contributed by atoms with Crippen molar-refractivity contribution in [2.45, 2.75) is 37.6 Å². The topological polar surface area (TPSA) is 35.2 Å². The van der Waals surface area contributed by atoms with E-state index in [-0.39, 0.29) is 13.0 Å². The fourth-order valence-corrected chi connectivity index (χ4v) is 2.97. The second kappa shape index (κ2) is 5.46. The predicted molar refractivity (Wildman–Crippen MR) is 74.4 cm³/mol. The van der Waals surface area contributed by atoms with Crippen LogP contribution in [0.2, 0.25) is 0 Å². The number of benzene rings is 1. The van der Waals surface area contributed by atoms with Crippen LogP contribution in [-0.2, 0) is 16.7 Å². The van der Waals surface area contributed by atoms with E-state index in [1.165, 1.54) is 0 Å². The molecule has 0 fully saturated rings. The smallest absolute Gasteiger partial charge is 0.292 e. The zero-order chi connectivity index (χ0) is 14.1. The van der Waals surface area contributed by atoms with Crippen molar-refractivity contribution in [2.75, 3.05) is 13.2 Å². The molecule has 0 bridgehead atoms. The van der Waals surface area contributed by atoms with Crippen LogP contribution in [0.15, 0.2) is 22.7 Å². The molecular weight excluding hydrogens is 316 g/mol. The van der Waals surface area contributed by atoms with Crippen molar-refractivity contribution in [2.24, 2.45) is 5.73 Å². The molecule has 2 nitrogen and oxygen atoms in total. The molecule has 19 heavy (non-hydrogen) atoms. The highest BCUT2D eigenvalue weighted by molar-refractivity contribution is 9.10. The number of fused-ring (bicyclic) bond motifs is 1. The zero-order valence-corrected chi connectivity index (χ0v) is 12.5. The average molecular weight is 334 g/mol. The summed E-state index contributed by atoms with van der Waals surface area (Å²) in [6.45, 7) is 1.33. The first kappa shape index (κ1) is 14.9. The third-order valence-corrected chi connectivity index (χ3v) is 4.20. The molecule has 0 saturated heterocycles. The van der Waals surface area contributed by atoms with E-state index in [1.807, 2.05) is 12.1 Å². The van der Waals surface area contributed by atoms with Crippen LogP contribution in [0.1, 0.15) is 30.9 Å². The molecule has 1 atom stereocenters. The summed E-state index contributed by atoms with van der Waals surface area (Å²) in [6, 6.07) is 5.45. The molecule has 0 amide bonds. The highest BCUT2D eigenvalue weighted by Crippen LogP contribution is 2.44. The Morgan fingerprint density at radius 3 is 2.89 bits per heavy atom. The maximum absolute atomic E-state index is 14.4. The molecule has 2 rings (SSSR count). The second-order valence-corrected chi connectivity index (χ2v) is 5.88. The maximum Gasteiger partial charge on any atom is 0.292 e. The van der Waals surface area contributed by atoms with Crippen LogP contribution in [0.5, 0.6) is 0 Å². The lowest BCUT2D eigenvalue weighted by atomic mass is 9.73. The van der Waals surface area contributed by atoms with E-state index in [4.69, 9.17) is 10.5 Å². The van der Waals surface area contributed by atoms with Crippen LogP contribution >= 0.6 is 15.9 Å². The SMILES string of the molecule is CCOCC(F)(F)[C@@]1(N)CCCc2ccc(Br)cc21. The minimum atomic E-state index is -3.07. The number of hydrogen-bond acceptors (Lipinski definition) is 2. The third kappa shape index (κ3) is 2.69. The zero-order valence-electron chi connectivity index (χ0n) is 10.9. The molecule has 0 spiro atoms. The molecule has 1 aliphatic rings. The molecule has 0 aliphatic heterocycles. The van der Waals surface area contributed by atoms with Gasteiger partial charge in [-0.15, -0.1) is 0 Å². The molecule has 0 aromatic heterocycles. The van der Waals surface area contributed by atoms with Crippen molar-refractivity contribution in [3.63, 3.8) is 0 Å².